The number of benzene rings is 1. The van der Waals surface area contributed by atoms with Crippen LogP contribution in [0.3, 0.4) is 0 Å². The number of rotatable bonds is 5. The van der Waals surface area contributed by atoms with Crippen molar-refractivity contribution in [1.82, 2.24) is 0 Å². The molecule has 1 aromatic carbocycles. The van der Waals surface area contributed by atoms with Crippen LogP contribution in [0.15, 0.2) is 24.3 Å². The average Bonchev–Trinajstić information content (AvgIpc) is 2.23. The molecule has 0 saturated heterocycles. The summed E-state index contributed by atoms with van der Waals surface area (Å²) < 4.78 is 40.8. The average molecular weight is 246 g/mol. The zero-order valence-electron chi connectivity index (χ0n) is 9.05. The van der Waals surface area contributed by atoms with Gasteiger partial charge in [-0.15, -0.1) is 0 Å². The molecule has 3 nitrogen and oxygen atoms in total. The Labute approximate surface area is 96.9 Å². The number of ether oxygens (including phenoxy) is 1. The molecule has 0 atom stereocenters. The molecule has 0 aromatic heterocycles. The summed E-state index contributed by atoms with van der Waals surface area (Å²) in [5.41, 5.74) is 5.70. The second-order valence-electron chi connectivity index (χ2n) is 3.48. The van der Waals surface area contributed by atoms with Crippen LogP contribution in [-0.4, -0.2) is 18.6 Å². The predicted octanol–water partition coefficient (Wildman–Crippen LogP) is 2.69. The molecule has 1 aromatic rings. The highest BCUT2D eigenvalue weighted by Crippen LogP contribution is 2.22. The van der Waals surface area contributed by atoms with Gasteiger partial charge in [-0.2, -0.15) is 13.2 Å². The van der Waals surface area contributed by atoms with Gasteiger partial charge in [-0.1, -0.05) is 12.1 Å². The van der Waals surface area contributed by atoms with Crippen LogP contribution >= 0.6 is 0 Å². The van der Waals surface area contributed by atoms with Crippen molar-refractivity contribution in [2.75, 3.05) is 6.61 Å². The molecule has 1 rings (SSSR count). The summed E-state index contributed by atoms with van der Waals surface area (Å²) in [7, 11) is 0. The van der Waals surface area contributed by atoms with Crippen LogP contribution in [-0.2, 0) is 0 Å². The van der Waals surface area contributed by atoms with Crippen molar-refractivity contribution >= 4 is 5.84 Å². The Balaban J connectivity index is 2.49. The number of nitrogens with two attached hydrogens (primary N) is 1. The summed E-state index contributed by atoms with van der Waals surface area (Å²) in [6, 6.07) is 6.51. The van der Waals surface area contributed by atoms with Crippen molar-refractivity contribution in [3.05, 3.63) is 29.8 Å². The fraction of sp³-hybridized carbons (Fsp3) is 0.364. The standard InChI is InChI=1S/C11H13F3N2O/c12-11(13,14)6-3-7-17-9-5-2-1-4-8(9)10(15)16/h1-2,4-5H,3,6-7H2,(H3,15,16). The van der Waals surface area contributed by atoms with Gasteiger partial charge in [-0.05, 0) is 18.6 Å². The van der Waals surface area contributed by atoms with Gasteiger partial charge in [0.15, 0.2) is 0 Å². The minimum atomic E-state index is -4.16. The molecule has 0 aliphatic rings. The van der Waals surface area contributed by atoms with E-state index in [1.165, 1.54) is 0 Å². The summed E-state index contributed by atoms with van der Waals surface area (Å²) in [5, 5.41) is 7.27. The van der Waals surface area contributed by atoms with E-state index in [4.69, 9.17) is 15.9 Å². The van der Waals surface area contributed by atoms with Crippen LogP contribution in [0.25, 0.3) is 0 Å². The number of amidine groups is 1. The van der Waals surface area contributed by atoms with E-state index < -0.39 is 12.6 Å². The van der Waals surface area contributed by atoms with Crippen molar-refractivity contribution in [1.29, 1.82) is 5.41 Å². The second-order valence-corrected chi connectivity index (χ2v) is 3.48. The molecule has 94 valence electrons. The zero-order chi connectivity index (χ0) is 12.9. The monoisotopic (exact) mass is 246 g/mol. The van der Waals surface area contributed by atoms with Crippen molar-refractivity contribution < 1.29 is 17.9 Å². The van der Waals surface area contributed by atoms with Crippen molar-refractivity contribution in [2.45, 2.75) is 19.0 Å². The fourth-order valence-electron chi connectivity index (χ4n) is 1.27. The Morgan fingerprint density at radius 3 is 2.53 bits per heavy atom. The van der Waals surface area contributed by atoms with Crippen LogP contribution in [0.1, 0.15) is 18.4 Å². The lowest BCUT2D eigenvalue weighted by atomic mass is 10.2. The lowest BCUT2D eigenvalue weighted by molar-refractivity contribution is -0.136. The van der Waals surface area contributed by atoms with Gasteiger partial charge in [-0.25, -0.2) is 0 Å². The molecule has 0 unspecified atom stereocenters. The Kier molecular flexibility index (Phi) is 4.37. The van der Waals surface area contributed by atoms with Gasteiger partial charge in [0.2, 0.25) is 0 Å². The Hall–Kier alpha value is -1.72. The molecule has 17 heavy (non-hydrogen) atoms. The quantitative estimate of drug-likeness (QED) is 0.476. The fourth-order valence-corrected chi connectivity index (χ4v) is 1.27. The maximum Gasteiger partial charge on any atom is 0.389 e. The number of halogens is 3. The van der Waals surface area contributed by atoms with E-state index in [9.17, 15) is 13.2 Å². The molecule has 0 spiro atoms. The van der Waals surface area contributed by atoms with Gasteiger partial charge in [0.1, 0.15) is 11.6 Å². The van der Waals surface area contributed by atoms with Crippen LogP contribution in [0.2, 0.25) is 0 Å². The van der Waals surface area contributed by atoms with E-state index in [1.807, 2.05) is 0 Å². The maximum atomic E-state index is 11.9. The second kappa shape index (κ2) is 5.56. The lowest BCUT2D eigenvalue weighted by Crippen LogP contribution is -2.14. The summed E-state index contributed by atoms with van der Waals surface area (Å²) in [4.78, 5) is 0. The number of alkyl halides is 3. The molecule has 3 N–H and O–H groups in total. The number of para-hydroxylation sites is 1. The molecule has 0 aliphatic heterocycles. The third kappa shape index (κ3) is 4.76. The first-order valence-electron chi connectivity index (χ1n) is 5.03. The highest BCUT2D eigenvalue weighted by atomic mass is 19.4. The third-order valence-corrected chi connectivity index (χ3v) is 2.04. The zero-order valence-corrected chi connectivity index (χ0v) is 9.05. The summed E-state index contributed by atoms with van der Waals surface area (Å²) in [6.07, 6.45) is -5.16. The van der Waals surface area contributed by atoms with E-state index in [2.05, 4.69) is 0 Å². The SMILES string of the molecule is N=C(N)c1ccccc1OCCCC(F)(F)F. The van der Waals surface area contributed by atoms with Crippen molar-refractivity contribution in [2.24, 2.45) is 5.73 Å². The van der Waals surface area contributed by atoms with Crippen molar-refractivity contribution in [3.8, 4) is 5.75 Å². The van der Waals surface area contributed by atoms with E-state index in [1.54, 1.807) is 24.3 Å². The van der Waals surface area contributed by atoms with Crippen molar-refractivity contribution in [3.63, 3.8) is 0 Å². The highest BCUT2D eigenvalue weighted by Gasteiger charge is 2.26. The van der Waals surface area contributed by atoms with Crippen LogP contribution in [0, 0.1) is 5.41 Å². The van der Waals surface area contributed by atoms with Crippen LogP contribution < -0.4 is 10.5 Å². The largest absolute Gasteiger partial charge is 0.493 e. The van der Waals surface area contributed by atoms with Gasteiger partial charge >= 0.3 is 6.18 Å². The van der Waals surface area contributed by atoms with Gasteiger partial charge in [0.25, 0.3) is 0 Å². The molecular weight excluding hydrogens is 233 g/mol. The minimum Gasteiger partial charge on any atom is -0.493 e. The maximum absolute atomic E-state index is 11.9. The Morgan fingerprint density at radius 2 is 1.94 bits per heavy atom. The molecule has 0 fully saturated rings. The topological polar surface area (TPSA) is 59.1 Å². The first-order valence-corrected chi connectivity index (χ1v) is 5.03. The van der Waals surface area contributed by atoms with Gasteiger partial charge in [0, 0.05) is 6.42 Å². The van der Waals surface area contributed by atoms with E-state index in [0.29, 0.717) is 11.3 Å². The summed E-state index contributed by atoms with van der Waals surface area (Å²) in [6.45, 7) is -0.0518. The summed E-state index contributed by atoms with van der Waals surface area (Å²) in [5.74, 6) is 0.165. The molecule has 0 bridgehead atoms. The van der Waals surface area contributed by atoms with E-state index in [-0.39, 0.29) is 18.9 Å². The first-order chi connectivity index (χ1) is 7.90. The first kappa shape index (κ1) is 13.3. The minimum absolute atomic E-state index is 0.0518. The molecule has 0 heterocycles. The van der Waals surface area contributed by atoms with Gasteiger partial charge in [-0.3, -0.25) is 5.41 Å². The van der Waals surface area contributed by atoms with Crippen LogP contribution in [0.5, 0.6) is 5.75 Å². The molecule has 0 amide bonds. The smallest absolute Gasteiger partial charge is 0.389 e. The predicted molar refractivity (Wildman–Crippen MR) is 58.2 cm³/mol. The normalized spacial score (nSPS) is 11.2. The molecule has 6 heteroatoms. The molecular formula is C11H13F3N2O. The third-order valence-electron chi connectivity index (χ3n) is 2.04. The van der Waals surface area contributed by atoms with Crippen LogP contribution in [0.4, 0.5) is 13.2 Å². The number of nitrogens with one attached hydrogen (secondary N) is 1. The highest BCUT2D eigenvalue weighted by molar-refractivity contribution is 5.97. The number of hydrogen-bond acceptors (Lipinski definition) is 2. The number of nitrogen functional groups attached to an aromatic ring is 1. The Bertz CT molecular complexity index is 391. The van der Waals surface area contributed by atoms with Gasteiger partial charge < -0.3 is 10.5 Å². The molecule has 0 radical (unpaired) electrons. The number of hydrogen-bond donors (Lipinski definition) is 2. The van der Waals surface area contributed by atoms with E-state index in [0.717, 1.165) is 0 Å². The van der Waals surface area contributed by atoms with Gasteiger partial charge in [0.05, 0.1) is 12.2 Å². The summed E-state index contributed by atoms with van der Waals surface area (Å²) >= 11 is 0. The molecule has 0 aliphatic carbocycles. The Morgan fingerprint density at radius 1 is 1.29 bits per heavy atom. The molecule has 0 saturated carbocycles. The lowest BCUT2D eigenvalue weighted by Gasteiger charge is -2.11. The van der Waals surface area contributed by atoms with E-state index >= 15 is 0 Å².